The summed E-state index contributed by atoms with van der Waals surface area (Å²) in [6, 6.07) is 4.30. The Morgan fingerprint density at radius 1 is 1.53 bits per heavy atom. The lowest BCUT2D eigenvalue weighted by Crippen LogP contribution is -2.06. The Morgan fingerprint density at radius 3 is 2.73 bits per heavy atom. The molecule has 0 aliphatic heterocycles. The quantitative estimate of drug-likeness (QED) is 0.800. The van der Waals surface area contributed by atoms with Gasteiger partial charge in [0.15, 0.2) is 0 Å². The second kappa shape index (κ2) is 5.07. The third-order valence-electron chi connectivity index (χ3n) is 1.68. The van der Waals surface area contributed by atoms with Crippen LogP contribution in [0.3, 0.4) is 0 Å². The smallest absolute Gasteiger partial charge is 0.387 e. The average molecular weight is 235 g/mol. The Kier molecular flexibility index (Phi) is 4.03. The number of hydrogen-bond donors (Lipinski definition) is 0. The van der Waals surface area contributed by atoms with E-state index in [0.717, 1.165) is 0 Å². The summed E-state index contributed by atoms with van der Waals surface area (Å²) >= 11 is 5.63. The predicted octanol–water partition coefficient (Wildman–Crippen LogP) is 3.07. The van der Waals surface area contributed by atoms with Crippen molar-refractivity contribution in [2.24, 2.45) is 0 Å². The maximum atomic E-state index is 12.0. The minimum absolute atomic E-state index is 0.0484. The van der Waals surface area contributed by atoms with Crippen molar-refractivity contribution in [3.63, 3.8) is 0 Å². The molecule has 0 radical (unpaired) electrons. The molecule has 0 fully saturated rings. The lowest BCUT2D eigenvalue weighted by Gasteiger charge is -2.09. The predicted molar refractivity (Wildman–Crippen MR) is 52.5 cm³/mol. The number of ether oxygens (including phenoxy) is 1. The maximum Gasteiger partial charge on any atom is 0.387 e. The first-order chi connectivity index (χ1) is 6.99. The van der Waals surface area contributed by atoms with E-state index in [1.54, 1.807) is 0 Å². The van der Waals surface area contributed by atoms with E-state index in [9.17, 15) is 13.6 Å². The van der Waals surface area contributed by atoms with Crippen molar-refractivity contribution in [3.05, 3.63) is 28.8 Å². The molecule has 1 rings (SSSR count). The second-order valence-corrected chi connectivity index (χ2v) is 3.45. The molecule has 0 saturated heterocycles. The maximum absolute atomic E-state index is 12.0. The Bertz CT molecular complexity index is 366. The molecule has 1 aromatic rings. The third-order valence-corrected chi connectivity index (χ3v) is 1.92. The zero-order valence-electron chi connectivity index (χ0n) is 7.97. The van der Waals surface area contributed by atoms with Crippen molar-refractivity contribution in [2.75, 3.05) is 0 Å². The van der Waals surface area contributed by atoms with E-state index >= 15 is 0 Å². The number of hydrogen-bond acceptors (Lipinski definition) is 2. The molecule has 0 aliphatic carbocycles. The minimum atomic E-state index is -2.92. The lowest BCUT2D eigenvalue weighted by atomic mass is 10.1. The van der Waals surface area contributed by atoms with Gasteiger partial charge in [-0.15, -0.1) is 0 Å². The van der Waals surface area contributed by atoms with Crippen molar-refractivity contribution in [1.29, 1.82) is 0 Å². The first-order valence-electron chi connectivity index (χ1n) is 4.21. The van der Waals surface area contributed by atoms with E-state index in [4.69, 9.17) is 11.6 Å². The largest absolute Gasteiger partial charge is 0.434 e. The fourth-order valence-corrected chi connectivity index (χ4v) is 1.31. The van der Waals surface area contributed by atoms with Crippen LogP contribution in [0, 0.1) is 0 Å². The third kappa shape index (κ3) is 3.83. The van der Waals surface area contributed by atoms with Gasteiger partial charge in [0.1, 0.15) is 11.5 Å². The van der Waals surface area contributed by atoms with E-state index in [-0.39, 0.29) is 23.0 Å². The zero-order chi connectivity index (χ0) is 11.4. The summed E-state index contributed by atoms with van der Waals surface area (Å²) in [6.45, 7) is -1.55. The van der Waals surface area contributed by atoms with Crippen LogP contribution in [0.2, 0.25) is 5.02 Å². The molecule has 0 amide bonds. The summed E-state index contributed by atoms with van der Waals surface area (Å²) < 4.78 is 28.3. The summed E-state index contributed by atoms with van der Waals surface area (Å²) in [7, 11) is 0. The SMILES string of the molecule is CC(=O)Cc1ccc(Cl)cc1OC(F)F. The number of Topliss-reactive ketones (excluding diaryl/α,β-unsaturated/α-hetero) is 1. The van der Waals surface area contributed by atoms with Crippen molar-refractivity contribution in [1.82, 2.24) is 0 Å². The van der Waals surface area contributed by atoms with Crippen molar-refractivity contribution >= 4 is 17.4 Å². The standard InChI is InChI=1S/C10H9ClF2O2/c1-6(14)4-7-2-3-8(11)5-9(7)15-10(12)13/h2-3,5,10H,4H2,1H3. The van der Waals surface area contributed by atoms with Crippen molar-refractivity contribution < 1.29 is 18.3 Å². The Labute approximate surface area is 90.8 Å². The molecule has 0 spiro atoms. The Morgan fingerprint density at radius 2 is 2.20 bits per heavy atom. The van der Waals surface area contributed by atoms with E-state index in [1.165, 1.54) is 25.1 Å². The van der Waals surface area contributed by atoms with E-state index in [0.29, 0.717) is 5.56 Å². The van der Waals surface area contributed by atoms with Gasteiger partial charge in [-0.25, -0.2) is 0 Å². The molecule has 0 aromatic heterocycles. The van der Waals surface area contributed by atoms with Gasteiger partial charge in [-0.05, 0) is 19.1 Å². The van der Waals surface area contributed by atoms with Gasteiger partial charge >= 0.3 is 6.61 Å². The molecule has 5 heteroatoms. The molecular formula is C10H9ClF2O2. The first-order valence-corrected chi connectivity index (χ1v) is 4.59. The molecule has 0 aliphatic rings. The van der Waals surface area contributed by atoms with Crippen LogP contribution in [0.25, 0.3) is 0 Å². The van der Waals surface area contributed by atoms with Gasteiger partial charge in [0.2, 0.25) is 0 Å². The fourth-order valence-electron chi connectivity index (χ4n) is 1.15. The topological polar surface area (TPSA) is 26.3 Å². The van der Waals surface area contributed by atoms with Crippen LogP contribution in [0.1, 0.15) is 12.5 Å². The molecule has 0 N–H and O–H groups in total. The molecule has 0 heterocycles. The Hall–Kier alpha value is -1.16. The zero-order valence-corrected chi connectivity index (χ0v) is 8.72. The molecule has 82 valence electrons. The molecule has 1 aromatic carbocycles. The summed E-state index contributed by atoms with van der Waals surface area (Å²) in [5.74, 6) is -0.177. The number of alkyl halides is 2. The fraction of sp³-hybridized carbons (Fsp3) is 0.300. The normalized spacial score (nSPS) is 10.5. The van der Waals surface area contributed by atoms with Crippen molar-refractivity contribution in [2.45, 2.75) is 20.0 Å². The summed E-state index contributed by atoms with van der Waals surface area (Å²) in [5.41, 5.74) is 0.409. The Balaban J connectivity index is 2.97. The highest BCUT2D eigenvalue weighted by Crippen LogP contribution is 2.25. The van der Waals surface area contributed by atoms with Crippen LogP contribution in [0.5, 0.6) is 5.75 Å². The van der Waals surface area contributed by atoms with Crippen LogP contribution >= 0.6 is 11.6 Å². The summed E-state index contributed by atoms with van der Waals surface area (Å²) in [5, 5.41) is 0.290. The molecule has 0 unspecified atom stereocenters. The van der Waals surface area contributed by atoms with Gasteiger partial charge in [-0.2, -0.15) is 8.78 Å². The number of rotatable bonds is 4. The van der Waals surface area contributed by atoms with Gasteiger partial charge in [-0.1, -0.05) is 17.7 Å². The highest BCUT2D eigenvalue weighted by molar-refractivity contribution is 6.30. The monoisotopic (exact) mass is 234 g/mol. The van der Waals surface area contributed by atoms with E-state index < -0.39 is 6.61 Å². The van der Waals surface area contributed by atoms with Crippen LogP contribution in [0.4, 0.5) is 8.78 Å². The number of ketones is 1. The average Bonchev–Trinajstić information content (AvgIpc) is 2.08. The van der Waals surface area contributed by atoms with Gasteiger partial charge in [0.25, 0.3) is 0 Å². The minimum Gasteiger partial charge on any atom is -0.434 e. The van der Waals surface area contributed by atoms with Gasteiger partial charge in [0.05, 0.1) is 0 Å². The molecule has 0 saturated carbocycles. The number of halogens is 3. The second-order valence-electron chi connectivity index (χ2n) is 3.01. The molecule has 2 nitrogen and oxygen atoms in total. The van der Waals surface area contributed by atoms with Crippen LogP contribution in [-0.2, 0) is 11.2 Å². The van der Waals surface area contributed by atoms with E-state index in [1.807, 2.05) is 0 Å². The van der Waals surface area contributed by atoms with Gasteiger partial charge < -0.3 is 4.74 Å². The van der Waals surface area contributed by atoms with E-state index in [2.05, 4.69) is 4.74 Å². The van der Waals surface area contributed by atoms with Crippen LogP contribution < -0.4 is 4.74 Å². The molecule has 0 atom stereocenters. The number of carbonyl (C=O) groups excluding carboxylic acids is 1. The highest BCUT2D eigenvalue weighted by atomic mass is 35.5. The number of carbonyl (C=O) groups is 1. The highest BCUT2D eigenvalue weighted by Gasteiger charge is 2.11. The van der Waals surface area contributed by atoms with Crippen LogP contribution in [0.15, 0.2) is 18.2 Å². The van der Waals surface area contributed by atoms with Crippen LogP contribution in [-0.4, -0.2) is 12.4 Å². The summed E-state index contributed by atoms with van der Waals surface area (Å²) in [4.78, 5) is 10.9. The number of benzene rings is 1. The van der Waals surface area contributed by atoms with Crippen molar-refractivity contribution in [3.8, 4) is 5.75 Å². The molecule has 15 heavy (non-hydrogen) atoms. The van der Waals surface area contributed by atoms with Gasteiger partial charge in [-0.3, -0.25) is 4.79 Å². The lowest BCUT2D eigenvalue weighted by molar-refractivity contribution is -0.116. The molecular weight excluding hydrogens is 226 g/mol. The first kappa shape index (κ1) is 11.9. The summed E-state index contributed by atoms with van der Waals surface area (Å²) in [6.07, 6.45) is 0.0548. The molecule has 0 bridgehead atoms. The van der Waals surface area contributed by atoms with Gasteiger partial charge in [0, 0.05) is 17.0 Å².